The van der Waals surface area contributed by atoms with Gasteiger partial charge in [-0.2, -0.15) is 4.98 Å². The van der Waals surface area contributed by atoms with Gasteiger partial charge in [-0.1, -0.05) is 6.07 Å². The highest BCUT2D eigenvalue weighted by atomic mass is 32.2. The number of sulfonamides is 1. The first kappa shape index (κ1) is 22.0. The van der Waals surface area contributed by atoms with Crippen LogP contribution in [0, 0.1) is 0 Å². The monoisotopic (exact) mass is 478 g/mol. The molecule has 0 aliphatic carbocycles. The lowest BCUT2D eigenvalue weighted by Gasteiger charge is -2.29. The molecule has 1 aromatic carbocycles. The fourth-order valence-electron chi connectivity index (χ4n) is 3.83. The Kier molecular flexibility index (Phi) is 5.95. The van der Waals surface area contributed by atoms with Crippen molar-refractivity contribution in [1.82, 2.24) is 19.9 Å². The van der Waals surface area contributed by atoms with Gasteiger partial charge in [0, 0.05) is 42.5 Å². The SMILES string of the molecule is COc1ccc(-c2nccc3cc(S(=O)(=O)Nc4ccncn4)ccc23)c(N2CCOCC2)n1. The number of pyridine rings is 2. The predicted octanol–water partition coefficient (Wildman–Crippen LogP) is 2.73. The second-order valence-corrected chi connectivity index (χ2v) is 9.25. The zero-order valence-corrected chi connectivity index (χ0v) is 19.2. The number of ether oxygens (including phenoxy) is 2. The van der Waals surface area contributed by atoms with Crippen LogP contribution in [-0.2, 0) is 14.8 Å². The second kappa shape index (κ2) is 9.20. The Hall–Kier alpha value is -3.83. The van der Waals surface area contributed by atoms with Gasteiger partial charge in [-0.25, -0.2) is 18.4 Å². The summed E-state index contributed by atoms with van der Waals surface area (Å²) in [4.78, 5) is 19.3. The Labute approximate surface area is 196 Å². The van der Waals surface area contributed by atoms with Gasteiger partial charge in [0.15, 0.2) is 0 Å². The van der Waals surface area contributed by atoms with E-state index in [1.165, 1.54) is 18.6 Å². The van der Waals surface area contributed by atoms with Crippen LogP contribution < -0.4 is 14.4 Å². The molecule has 1 fully saturated rings. The number of anilines is 2. The molecule has 0 saturated carbocycles. The third kappa shape index (κ3) is 4.35. The highest BCUT2D eigenvalue weighted by Crippen LogP contribution is 2.35. The van der Waals surface area contributed by atoms with Crippen molar-refractivity contribution in [2.75, 3.05) is 43.0 Å². The molecule has 0 atom stereocenters. The number of nitrogens with one attached hydrogen (secondary N) is 1. The number of rotatable bonds is 6. The smallest absolute Gasteiger partial charge is 0.263 e. The van der Waals surface area contributed by atoms with Crippen LogP contribution in [0.15, 0.2) is 66.1 Å². The van der Waals surface area contributed by atoms with Crippen molar-refractivity contribution in [3.63, 3.8) is 0 Å². The van der Waals surface area contributed by atoms with E-state index in [1.54, 1.807) is 43.6 Å². The molecule has 0 bridgehead atoms. The van der Waals surface area contributed by atoms with Crippen molar-refractivity contribution in [1.29, 1.82) is 0 Å². The van der Waals surface area contributed by atoms with Gasteiger partial charge in [0.05, 0.1) is 30.9 Å². The van der Waals surface area contributed by atoms with E-state index in [9.17, 15) is 8.42 Å². The Morgan fingerprint density at radius 1 is 1.03 bits per heavy atom. The van der Waals surface area contributed by atoms with E-state index in [0.717, 1.165) is 22.2 Å². The third-order valence-corrected chi connectivity index (χ3v) is 6.84. The maximum atomic E-state index is 12.9. The molecule has 0 unspecified atom stereocenters. The van der Waals surface area contributed by atoms with E-state index in [2.05, 4.69) is 24.6 Å². The molecule has 3 aromatic heterocycles. The molecule has 1 N–H and O–H groups in total. The molecule has 5 rings (SSSR count). The summed E-state index contributed by atoms with van der Waals surface area (Å²) in [5.41, 5.74) is 1.55. The average molecular weight is 479 g/mol. The number of methoxy groups -OCH3 is 1. The minimum atomic E-state index is -3.83. The van der Waals surface area contributed by atoms with Crippen LogP contribution in [0.25, 0.3) is 22.0 Å². The summed E-state index contributed by atoms with van der Waals surface area (Å²) in [5.74, 6) is 1.46. The second-order valence-electron chi connectivity index (χ2n) is 7.57. The summed E-state index contributed by atoms with van der Waals surface area (Å²) in [6.45, 7) is 2.63. The van der Waals surface area contributed by atoms with Gasteiger partial charge in [-0.15, -0.1) is 0 Å². The van der Waals surface area contributed by atoms with Crippen molar-refractivity contribution < 1.29 is 17.9 Å². The molecule has 11 heteroatoms. The van der Waals surface area contributed by atoms with Crippen molar-refractivity contribution in [2.45, 2.75) is 4.90 Å². The molecular formula is C23H22N6O4S. The Morgan fingerprint density at radius 3 is 2.65 bits per heavy atom. The van der Waals surface area contributed by atoms with Crippen LogP contribution in [-0.4, -0.2) is 61.8 Å². The van der Waals surface area contributed by atoms with Gasteiger partial charge in [-0.05, 0) is 35.7 Å². The van der Waals surface area contributed by atoms with Crippen LogP contribution in [0.4, 0.5) is 11.6 Å². The quantitative estimate of drug-likeness (QED) is 0.446. The predicted molar refractivity (Wildman–Crippen MR) is 127 cm³/mol. The van der Waals surface area contributed by atoms with Crippen LogP contribution in [0.2, 0.25) is 0 Å². The lowest BCUT2D eigenvalue weighted by Crippen LogP contribution is -2.37. The van der Waals surface area contributed by atoms with Crippen LogP contribution in [0.5, 0.6) is 5.88 Å². The van der Waals surface area contributed by atoms with Crippen molar-refractivity contribution >= 4 is 32.4 Å². The fraction of sp³-hybridized carbons (Fsp3) is 0.217. The van der Waals surface area contributed by atoms with E-state index in [4.69, 9.17) is 14.5 Å². The lowest BCUT2D eigenvalue weighted by molar-refractivity contribution is 0.122. The maximum Gasteiger partial charge on any atom is 0.263 e. The van der Waals surface area contributed by atoms with Crippen molar-refractivity contribution in [3.8, 4) is 17.1 Å². The molecular weight excluding hydrogens is 456 g/mol. The molecule has 34 heavy (non-hydrogen) atoms. The molecule has 0 amide bonds. The lowest BCUT2D eigenvalue weighted by atomic mass is 10.0. The van der Waals surface area contributed by atoms with E-state index >= 15 is 0 Å². The van der Waals surface area contributed by atoms with E-state index in [0.29, 0.717) is 37.9 Å². The number of aromatic nitrogens is 4. The summed E-state index contributed by atoms with van der Waals surface area (Å²) >= 11 is 0. The minimum Gasteiger partial charge on any atom is -0.481 e. The van der Waals surface area contributed by atoms with Gasteiger partial charge in [0.25, 0.3) is 10.0 Å². The first-order valence-electron chi connectivity index (χ1n) is 10.6. The molecule has 0 radical (unpaired) electrons. The molecule has 1 saturated heterocycles. The normalized spacial score (nSPS) is 14.2. The summed E-state index contributed by atoms with van der Waals surface area (Å²) in [6, 6.07) is 11.9. The van der Waals surface area contributed by atoms with E-state index < -0.39 is 10.0 Å². The molecule has 0 spiro atoms. The Bertz CT molecular complexity index is 1430. The average Bonchev–Trinajstić information content (AvgIpc) is 2.88. The summed E-state index contributed by atoms with van der Waals surface area (Å²) in [5, 5.41) is 1.55. The fourth-order valence-corrected chi connectivity index (χ4v) is 4.87. The first-order chi connectivity index (χ1) is 16.5. The first-order valence-corrected chi connectivity index (χ1v) is 12.1. The number of hydrogen-bond donors (Lipinski definition) is 1. The number of morpholine rings is 1. The van der Waals surface area contributed by atoms with Gasteiger partial charge in [-0.3, -0.25) is 9.71 Å². The highest BCUT2D eigenvalue weighted by Gasteiger charge is 2.21. The zero-order chi connectivity index (χ0) is 23.5. The summed E-state index contributed by atoms with van der Waals surface area (Å²) in [7, 11) is -2.25. The highest BCUT2D eigenvalue weighted by molar-refractivity contribution is 7.92. The maximum absolute atomic E-state index is 12.9. The standard InChI is InChI=1S/C23H22N6O4S/c1-32-21-5-4-19(23(27-21)29-10-12-33-13-11-29)22-18-3-2-17(14-16(18)6-9-25-22)34(30,31)28-20-7-8-24-15-26-20/h2-9,14-15H,10-13H2,1H3,(H,24,26,28). The van der Waals surface area contributed by atoms with Crippen molar-refractivity contribution in [2.24, 2.45) is 0 Å². The van der Waals surface area contributed by atoms with Crippen LogP contribution in [0.1, 0.15) is 0 Å². The van der Waals surface area contributed by atoms with Gasteiger partial charge in [0.2, 0.25) is 5.88 Å². The van der Waals surface area contributed by atoms with Crippen LogP contribution >= 0.6 is 0 Å². The minimum absolute atomic E-state index is 0.122. The van der Waals surface area contributed by atoms with E-state index in [-0.39, 0.29) is 10.7 Å². The van der Waals surface area contributed by atoms with Gasteiger partial charge < -0.3 is 14.4 Å². The Morgan fingerprint density at radius 2 is 1.88 bits per heavy atom. The number of benzene rings is 1. The van der Waals surface area contributed by atoms with Crippen LogP contribution in [0.3, 0.4) is 0 Å². The molecule has 1 aliphatic heterocycles. The van der Waals surface area contributed by atoms with E-state index in [1.807, 2.05) is 6.07 Å². The molecule has 10 nitrogen and oxygen atoms in total. The molecule has 1 aliphatic rings. The largest absolute Gasteiger partial charge is 0.481 e. The number of nitrogens with zero attached hydrogens (tertiary/aromatic N) is 5. The molecule has 4 aromatic rings. The number of hydrogen-bond acceptors (Lipinski definition) is 9. The summed E-state index contributed by atoms with van der Waals surface area (Å²) in [6.07, 6.45) is 4.42. The van der Waals surface area contributed by atoms with Gasteiger partial charge in [0.1, 0.15) is 18.0 Å². The molecule has 4 heterocycles. The van der Waals surface area contributed by atoms with Gasteiger partial charge >= 0.3 is 0 Å². The molecule has 174 valence electrons. The third-order valence-electron chi connectivity index (χ3n) is 5.49. The van der Waals surface area contributed by atoms with Crippen molar-refractivity contribution in [3.05, 3.63) is 61.2 Å². The Balaban J connectivity index is 1.57. The number of fused-ring (bicyclic) bond motifs is 1. The summed E-state index contributed by atoms with van der Waals surface area (Å²) < 4.78 is 39.1. The topological polar surface area (TPSA) is 119 Å². The zero-order valence-electron chi connectivity index (χ0n) is 18.4.